The Morgan fingerprint density at radius 3 is 2.47 bits per heavy atom. The van der Waals surface area contributed by atoms with Gasteiger partial charge in [-0.1, -0.05) is 43.8 Å². The molecule has 0 radical (unpaired) electrons. The van der Waals surface area contributed by atoms with E-state index in [1.54, 1.807) is 6.92 Å². The Labute approximate surface area is 90.3 Å². The van der Waals surface area contributed by atoms with Gasteiger partial charge in [0, 0.05) is 0 Å². The minimum atomic E-state index is -4.46. The van der Waals surface area contributed by atoms with Crippen LogP contribution in [0.4, 0.5) is 4.53 Å². The van der Waals surface area contributed by atoms with Crippen molar-refractivity contribution in [1.82, 2.24) is 0 Å². The summed E-state index contributed by atoms with van der Waals surface area (Å²) < 4.78 is 29.5. The van der Waals surface area contributed by atoms with Gasteiger partial charge in [-0.05, 0) is 17.9 Å². The fourth-order valence-electron chi connectivity index (χ4n) is 1.33. The maximum atomic E-state index is 11.5. The second kappa shape index (κ2) is 8.22. The first-order chi connectivity index (χ1) is 7.02. The largest absolute Gasteiger partial charge is 0.503 e. The maximum Gasteiger partial charge on any atom is 0.503 e. The number of rotatable bonds is 9. The van der Waals surface area contributed by atoms with Gasteiger partial charge in [0.1, 0.15) is 0 Å². The fraction of sp³-hybridized carbons (Fsp3) is 1.00. The molecule has 0 amide bonds. The summed E-state index contributed by atoms with van der Waals surface area (Å²) in [5, 5.41) is 0. The van der Waals surface area contributed by atoms with Crippen LogP contribution in [0.25, 0.3) is 0 Å². The van der Waals surface area contributed by atoms with E-state index in [9.17, 15) is 9.09 Å². The first-order valence-electron chi connectivity index (χ1n) is 5.33. The number of unbranched alkanes of at least 4 members (excludes halogenated alkanes) is 4. The molecule has 2 unspecified atom stereocenters. The van der Waals surface area contributed by atoms with Gasteiger partial charge in [0.15, 0.2) is 0 Å². The van der Waals surface area contributed by atoms with Gasteiger partial charge in [-0.3, -0.25) is 4.52 Å². The highest BCUT2D eigenvalue weighted by Gasteiger charge is 2.24. The van der Waals surface area contributed by atoms with E-state index in [-0.39, 0.29) is 0 Å². The predicted octanol–water partition coefficient (Wildman–Crippen LogP) is 3.75. The quantitative estimate of drug-likeness (QED) is 0.494. The first kappa shape index (κ1) is 15.0. The molecule has 0 saturated heterocycles. The van der Waals surface area contributed by atoms with Crippen LogP contribution >= 0.6 is 7.82 Å². The molecule has 0 aromatic carbocycles. The Hall–Kier alpha value is 0.0400. The molecule has 0 aliphatic carbocycles. The summed E-state index contributed by atoms with van der Waals surface area (Å²) in [6.45, 7) is 3.76. The van der Waals surface area contributed by atoms with Crippen molar-refractivity contribution < 1.29 is 23.2 Å². The van der Waals surface area contributed by atoms with E-state index in [0.29, 0.717) is 6.42 Å². The summed E-state index contributed by atoms with van der Waals surface area (Å²) in [4.78, 5) is 8.67. The highest BCUT2D eigenvalue weighted by Crippen LogP contribution is 2.45. The Balaban J connectivity index is 3.49. The van der Waals surface area contributed by atoms with E-state index in [2.05, 4.69) is 16.2 Å². The van der Waals surface area contributed by atoms with E-state index in [1.165, 1.54) is 12.8 Å². The summed E-state index contributed by atoms with van der Waals surface area (Å²) in [6, 6.07) is 0. The van der Waals surface area contributed by atoms with Gasteiger partial charge >= 0.3 is 7.82 Å². The smallest absolute Gasteiger partial charge is 0.301 e. The highest BCUT2D eigenvalue weighted by molar-refractivity contribution is 7.47. The van der Waals surface area contributed by atoms with E-state index in [0.717, 1.165) is 19.3 Å². The van der Waals surface area contributed by atoms with Gasteiger partial charge in [0.05, 0.1) is 6.10 Å². The second-order valence-electron chi connectivity index (χ2n) is 3.66. The molecular weight excluding hydrogens is 222 g/mol. The van der Waals surface area contributed by atoms with Gasteiger partial charge in [0.2, 0.25) is 0 Å². The Kier molecular flexibility index (Phi) is 8.24. The summed E-state index contributed by atoms with van der Waals surface area (Å²) in [5.74, 6) is 0. The van der Waals surface area contributed by atoms with Crippen LogP contribution in [0.15, 0.2) is 0 Å². The second-order valence-corrected chi connectivity index (χ2v) is 4.94. The topological polar surface area (TPSA) is 55.8 Å². The van der Waals surface area contributed by atoms with Crippen molar-refractivity contribution in [2.45, 2.75) is 58.5 Å². The lowest BCUT2D eigenvalue weighted by atomic mass is 10.1. The number of phosphoric ester groups is 1. The van der Waals surface area contributed by atoms with E-state index >= 15 is 0 Å². The van der Waals surface area contributed by atoms with Crippen LogP contribution in [0.3, 0.4) is 0 Å². The van der Waals surface area contributed by atoms with Crippen LogP contribution in [0, 0.1) is 0 Å². The van der Waals surface area contributed by atoms with Gasteiger partial charge in [-0.25, -0.2) is 4.57 Å². The van der Waals surface area contributed by atoms with Gasteiger partial charge in [0.25, 0.3) is 0 Å². The number of halogens is 1. The standard InChI is InChI=1S/C9H20FO4P/c1-3-4-5-6-7-8-9(2)13-15(11,12)14-10/h9H,3-8H2,1-2H3,(H,11,12). The number of hydrogen-bond acceptors (Lipinski definition) is 3. The van der Waals surface area contributed by atoms with Crippen LogP contribution in [0.1, 0.15) is 52.4 Å². The molecule has 0 bridgehead atoms. The summed E-state index contributed by atoms with van der Waals surface area (Å²) in [7, 11) is -4.46. The van der Waals surface area contributed by atoms with Crippen molar-refractivity contribution in [3.63, 3.8) is 0 Å². The fourth-order valence-corrected chi connectivity index (χ4v) is 1.92. The molecule has 0 aromatic heterocycles. The summed E-state index contributed by atoms with van der Waals surface area (Å²) in [5.41, 5.74) is 0. The molecule has 4 nitrogen and oxygen atoms in total. The van der Waals surface area contributed by atoms with Gasteiger partial charge in [-0.2, -0.15) is 0 Å². The SMILES string of the molecule is CCCCCCCC(C)OP(=O)(O)OF. The average molecular weight is 242 g/mol. The van der Waals surface area contributed by atoms with Crippen LogP contribution in [0.2, 0.25) is 0 Å². The van der Waals surface area contributed by atoms with Crippen molar-refractivity contribution in [1.29, 1.82) is 0 Å². The lowest BCUT2D eigenvalue weighted by Gasteiger charge is -2.13. The highest BCUT2D eigenvalue weighted by atomic mass is 31.2. The molecule has 0 spiro atoms. The minimum absolute atomic E-state index is 0.460. The molecule has 6 heteroatoms. The number of phosphoric acid groups is 1. The van der Waals surface area contributed by atoms with Crippen LogP contribution < -0.4 is 0 Å². The van der Waals surface area contributed by atoms with Gasteiger partial charge in [-0.15, -0.1) is 0 Å². The van der Waals surface area contributed by atoms with Crippen LogP contribution in [0.5, 0.6) is 0 Å². The lowest BCUT2D eigenvalue weighted by Crippen LogP contribution is -2.06. The third-order valence-electron chi connectivity index (χ3n) is 2.11. The third kappa shape index (κ3) is 9.00. The molecule has 92 valence electrons. The molecule has 0 aliphatic rings. The van der Waals surface area contributed by atoms with E-state index in [1.807, 2.05) is 0 Å². The molecular formula is C9H20FO4P. The zero-order valence-electron chi connectivity index (χ0n) is 9.32. The average Bonchev–Trinajstić information content (AvgIpc) is 2.17. The third-order valence-corrected chi connectivity index (χ3v) is 2.92. The van der Waals surface area contributed by atoms with Crippen LogP contribution in [-0.4, -0.2) is 11.0 Å². The molecule has 1 N–H and O–H groups in total. The zero-order chi connectivity index (χ0) is 11.7. The van der Waals surface area contributed by atoms with Crippen molar-refractivity contribution in [2.24, 2.45) is 0 Å². The normalized spacial score (nSPS) is 17.3. The predicted molar refractivity (Wildman–Crippen MR) is 55.9 cm³/mol. The minimum Gasteiger partial charge on any atom is -0.301 e. The van der Waals surface area contributed by atoms with Crippen molar-refractivity contribution in [2.75, 3.05) is 0 Å². The van der Waals surface area contributed by atoms with E-state index < -0.39 is 13.9 Å². The molecule has 0 saturated carbocycles. The lowest BCUT2D eigenvalue weighted by molar-refractivity contribution is -0.0552. The zero-order valence-corrected chi connectivity index (χ0v) is 10.2. The maximum absolute atomic E-state index is 11.5. The molecule has 0 aliphatic heterocycles. The van der Waals surface area contributed by atoms with Crippen molar-refractivity contribution in [3.05, 3.63) is 0 Å². The monoisotopic (exact) mass is 242 g/mol. The van der Waals surface area contributed by atoms with Crippen molar-refractivity contribution >= 4 is 7.82 Å². The molecule has 0 aromatic rings. The molecule has 0 heterocycles. The molecule has 15 heavy (non-hydrogen) atoms. The molecule has 0 fully saturated rings. The van der Waals surface area contributed by atoms with Crippen LogP contribution in [-0.2, 0) is 13.8 Å². The Bertz CT molecular complexity index is 201. The molecule has 2 atom stereocenters. The van der Waals surface area contributed by atoms with Crippen molar-refractivity contribution in [3.8, 4) is 0 Å². The first-order valence-corrected chi connectivity index (χ1v) is 6.83. The Morgan fingerprint density at radius 2 is 1.93 bits per heavy atom. The Morgan fingerprint density at radius 1 is 1.33 bits per heavy atom. The summed E-state index contributed by atoms with van der Waals surface area (Å²) in [6.07, 6.45) is 5.67. The van der Waals surface area contributed by atoms with E-state index in [4.69, 9.17) is 4.89 Å². The molecule has 0 rings (SSSR count). The summed E-state index contributed by atoms with van der Waals surface area (Å²) >= 11 is 0. The number of hydrogen-bond donors (Lipinski definition) is 1. The van der Waals surface area contributed by atoms with Gasteiger partial charge < -0.3 is 4.89 Å².